The van der Waals surface area contributed by atoms with E-state index in [9.17, 15) is 4.79 Å². The lowest BCUT2D eigenvalue weighted by molar-refractivity contribution is -0.116. The van der Waals surface area contributed by atoms with E-state index in [4.69, 9.17) is 0 Å². The van der Waals surface area contributed by atoms with Gasteiger partial charge in [-0.1, -0.05) is 0 Å². The van der Waals surface area contributed by atoms with Crippen LogP contribution in [-0.2, 0) is 4.79 Å². The zero-order chi connectivity index (χ0) is 14.2. The fourth-order valence-electron chi connectivity index (χ4n) is 2.71. The van der Waals surface area contributed by atoms with Crippen molar-refractivity contribution in [2.24, 2.45) is 0 Å². The summed E-state index contributed by atoms with van der Waals surface area (Å²) in [5, 5.41) is 10.0. The Hall–Kier alpha value is -2.96. The van der Waals surface area contributed by atoms with Crippen LogP contribution < -0.4 is 5.32 Å². The van der Waals surface area contributed by atoms with Gasteiger partial charge in [0, 0.05) is 47.8 Å². The standard InChI is InChI=1S/C14H12N6O/c21-11-4-9(10-6-16-7-17-10)12-13(19-20-14(12)18-11)8-2-1-3-15-5-8/h1-3,5-7,9H,4H2,(H,16,17)(H2,18,19,20,21). The SMILES string of the molecule is O=C1CC(c2cnc[nH]2)c2c(n[nH]c2-c2cccnc2)N1. The maximum Gasteiger partial charge on any atom is 0.226 e. The fourth-order valence-corrected chi connectivity index (χ4v) is 2.71. The Morgan fingerprint density at radius 3 is 2.95 bits per heavy atom. The second kappa shape index (κ2) is 4.55. The lowest BCUT2D eigenvalue weighted by atomic mass is 9.88. The predicted octanol–water partition coefficient (Wildman–Crippen LogP) is 1.67. The van der Waals surface area contributed by atoms with E-state index in [2.05, 4.69) is 30.5 Å². The average Bonchev–Trinajstić information content (AvgIpc) is 3.16. The number of carbonyl (C=O) groups excluding carboxylic acids is 1. The number of H-pyrrole nitrogens is 2. The Morgan fingerprint density at radius 1 is 1.24 bits per heavy atom. The molecule has 1 unspecified atom stereocenters. The van der Waals surface area contributed by atoms with E-state index in [0.29, 0.717) is 12.2 Å². The van der Waals surface area contributed by atoms with Gasteiger partial charge in [0.2, 0.25) is 5.91 Å². The number of carbonyl (C=O) groups is 1. The van der Waals surface area contributed by atoms with Crippen molar-refractivity contribution in [2.75, 3.05) is 5.32 Å². The molecule has 3 aromatic heterocycles. The van der Waals surface area contributed by atoms with Gasteiger partial charge in [0.25, 0.3) is 0 Å². The summed E-state index contributed by atoms with van der Waals surface area (Å²) in [6.07, 6.45) is 7.22. The van der Waals surface area contributed by atoms with Gasteiger partial charge in [0.05, 0.1) is 12.0 Å². The normalized spacial score (nSPS) is 17.3. The number of rotatable bonds is 2. The van der Waals surface area contributed by atoms with Gasteiger partial charge in [-0.25, -0.2) is 4.98 Å². The zero-order valence-electron chi connectivity index (χ0n) is 11.0. The van der Waals surface area contributed by atoms with Gasteiger partial charge in [0.15, 0.2) is 5.82 Å². The van der Waals surface area contributed by atoms with Gasteiger partial charge in [-0.05, 0) is 12.1 Å². The van der Waals surface area contributed by atoms with E-state index in [-0.39, 0.29) is 11.8 Å². The van der Waals surface area contributed by atoms with Crippen molar-refractivity contribution < 1.29 is 4.79 Å². The molecule has 0 radical (unpaired) electrons. The molecule has 0 saturated carbocycles. The Labute approximate surface area is 119 Å². The molecule has 0 saturated heterocycles. The quantitative estimate of drug-likeness (QED) is 0.664. The molecule has 0 aromatic carbocycles. The van der Waals surface area contributed by atoms with E-state index in [1.165, 1.54) is 0 Å². The van der Waals surface area contributed by atoms with Crippen LogP contribution in [0.3, 0.4) is 0 Å². The molecule has 104 valence electrons. The molecule has 1 aliphatic rings. The molecule has 3 aromatic rings. The maximum atomic E-state index is 11.9. The molecule has 21 heavy (non-hydrogen) atoms. The minimum absolute atomic E-state index is 0.0497. The number of imidazole rings is 1. The van der Waals surface area contributed by atoms with Crippen LogP contribution in [0.5, 0.6) is 0 Å². The van der Waals surface area contributed by atoms with Gasteiger partial charge >= 0.3 is 0 Å². The molecular formula is C14H12N6O. The summed E-state index contributed by atoms with van der Waals surface area (Å²) < 4.78 is 0. The lowest BCUT2D eigenvalue weighted by Crippen LogP contribution is -2.23. The van der Waals surface area contributed by atoms with Gasteiger partial charge in [-0.3, -0.25) is 14.9 Å². The maximum absolute atomic E-state index is 11.9. The smallest absolute Gasteiger partial charge is 0.226 e. The van der Waals surface area contributed by atoms with Crippen LogP contribution in [0.25, 0.3) is 11.3 Å². The third-order valence-electron chi connectivity index (χ3n) is 3.64. The van der Waals surface area contributed by atoms with Crippen molar-refractivity contribution in [1.82, 2.24) is 25.1 Å². The van der Waals surface area contributed by atoms with Crippen LogP contribution in [0.4, 0.5) is 5.82 Å². The topological polar surface area (TPSA) is 99.4 Å². The van der Waals surface area contributed by atoms with Crippen molar-refractivity contribution in [3.8, 4) is 11.3 Å². The number of hydrogen-bond acceptors (Lipinski definition) is 4. The molecule has 4 rings (SSSR count). The van der Waals surface area contributed by atoms with Crippen LogP contribution in [-0.4, -0.2) is 31.1 Å². The number of aromatic amines is 2. The first-order valence-corrected chi connectivity index (χ1v) is 6.59. The third-order valence-corrected chi connectivity index (χ3v) is 3.64. The number of hydrogen-bond donors (Lipinski definition) is 3. The van der Waals surface area contributed by atoms with Gasteiger partial charge in [-0.15, -0.1) is 0 Å². The molecule has 0 fully saturated rings. The Kier molecular flexibility index (Phi) is 2.56. The minimum atomic E-state index is -0.0924. The Morgan fingerprint density at radius 2 is 2.19 bits per heavy atom. The largest absolute Gasteiger partial charge is 0.348 e. The first-order chi connectivity index (χ1) is 10.3. The number of nitrogens with zero attached hydrogens (tertiary/aromatic N) is 3. The highest BCUT2D eigenvalue weighted by atomic mass is 16.1. The lowest BCUT2D eigenvalue weighted by Gasteiger charge is -2.21. The highest BCUT2D eigenvalue weighted by Gasteiger charge is 2.32. The summed E-state index contributed by atoms with van der Waals surface area (Å²) in [5.41, 5.74) is 3.68. The monoisotopic (exact) mass is 280 g/mol. The Bertz CT molecular complexity index is 777. The molecule has 0 spiro atoms. The van der Waals surface area contributed by atoms with E-state index < -0.39 is 0 Å². The molecular weight excluding hydrogens is 268 g/mol. The van der Waals surface area contributed by atoms with Gasteiger partial charge in [0.1, 0.15) is 0 Å². The highest BCUT2D eigenvalue weighted by Crippen LogP contribution is 2.40. The second-order valence-electron chi connectivity index (χ2n) is 4.91. The van der Waals surface area contributed by atoms with E-state index in [1.807, 2.05) is 12.1 Å². The van der Waals surface area contributed by atoms with Crippen molar-refractivity contribution in [3.63, 3.8) is 0 Å². The fraction of sp³-hybridized carbons (Fsp3) is 0.143. The summed E-state index contributed by atoms with van der Waals surface area (Å²) >= 11 is 0. The first kappa shape index (κ1) is 11.8. The van der Waals surface area contributed by atoms with Crippen LogP contribution in [0, 0.1) is 0 Å². The number of aromatic nitrogens is 5. The van der Waals surface area contributed by atoms with Gasteiger partial charge < -0.3 is 10.3 Å². The van der Waals surface area contributed by atoms with Gasteiger partial charge in [-0.2, -0.15) is 5.10 Å². The Balaban J connectivity index is 1.89. The van der Waals surface area contributed by atoms with Crippen molar-refractivity contribution >= 4 is 11.7 Å². The van der Waals surface area contributed by atoms with Crippen LogP contribution in [0.2, 0.25) is 0 Å². The number of amides is 1. The van der Waals surface area contributed by atoms with Crippen LogP contribution in [0.15, 0.2) is 37.1 Å². The highest BCUT2D eigenvalue weighted by molar-refractivity contribution is 5.95. The van der Waals surface area contributed by atoms with E-state index >= 15 is 0 Å². The summed E-state index contributed by atoms with van der Waals surface area (Å²) in [4.78, 5) is 23.1. The molecule has 0 bridgehead atoms. The zero-order valence-corrected chi connectivity index (χ0v) is 11.0. The molecule has 0 aliphatic carbocycles. The third kappa shape index (κ3) is 1.90. The molecule has 7 heteroatoms. The average molecular weight is 280 g/mol. The number of pyridine rings is 1. The molecule has 1 aliphatic heterocycles. The molecule has 3 N–H and O–H groups in total. The van der Waals surface area contributed by atoms with Crippen LogP contribution in [0.1, 0.15) is 23.6 Å². The summed E-state index contributed by atoms with van der Waals surface area (Å²) in [7, 11) is 0. The number of fused-ring (bicyclic) bond motifs is 1. The summed E-state index contributed by atoms with van der Waals surface area (Å²) in [5.74, 6) is 0.432. The molecule has 4 heterocycles. The van der Waals surface area contributed by atoms with E-state index in [0.717, 1.165) is 22.5 Å². The van der Waals surface area contributed by atoms with Crippen LogP contribution >= 0.6 is 0 Å². The first-order valence-electron chi connectivity index (χ1n) is 6.59. The summed E-state index contributed by atoms with van der Waals surface area (Å²) in [6.45, 7) is 0. The van der Waals surface area contributed by atoms with Crippen molar-refractivity contribution in [3.05, 3.63) is 48.3 Å². The van der Waals surface area contributed by atoms with Crippen molar-refractivity contribution in [2.45, 2.75) is 12.3 Å². The molecule has 1 atom stereocenters. The minimum Gasteiger partial charge on any atom is -0.348 e. The molecule has 7 nitrogen and oxygen atoms in total. The summed E-state index contributed by atoms with van der Waals surface area (Å²) in [6, 6.07) is 3.83. The predicted molar refractivity (Wildman–Crippen MR) is 75.5 cm³/mol. The molecule has 1 amide bonds. The van der Waals surface area contributed by atoms with Crippen molar-refractivity contribution in [1.29, 1.82) is 0 Å². The second-order valence-corrected chi connectivity index (χ2v) is 4.91. The number of anilines is 1. The van der Waals surface area contributed by atoms with E-state index in [1.54, 1.807) is 24.9 Å². The number of nitrogens with one attached hydrogen (secondary N) is 3.